The molecule has 1 N–H and O–H groups in total. The van der Waals surface area contributed by atoms with Crippen molar-refractivity contribution < 1.29 is 8.42 Å². The standard InChI is InChI=1S/C15H26N2O2S/c1-6-8-17(7-2)20(18,19)15-10-14(11-16-5)12(3)9-13(15)4/h9-10,16H,6-8,11H2,1-5H3. The van der Waals surface area contributed by atoms with Gasteiger partial charge in [0.15, 0.2) is 0 Å². The van der Waals surface area contributed by atoms with Crippen LogP contribution < -0.4 is 5.32 Å². The minimum Gasteiger partial charge on any atom is -0.316 e. The van der Waals surface area contributed by atoms with Gasteiger partial charge in [0, 0.05) is 19.6 Å². The highest BCUT2D eigenvalue weighted by molar-refractivity contribution is 7.89. The van der Waals surface area contributed by atoms with E-state index in [1.807, 2.05) is 46.9 Å². The predicted molar refractivity (Wildman–Crippen MR) is 83.4 cm³/mol. The molecule has 1 aromatic rings. The second-order valence-electron chi connectivity index (χ2n) is 5.07. The molecule has 0 radical (unpaired) electrons. The second kappa shape index (κ2) is 7.20. The molecule has 0 aliphatic heterocycles. The molecule has 4 nitrogen and oxygen atoms in total. The molecule has 0 spiro atoms. The van der Waals surface area contributed by atoms with E-state index in [9.17, 15) is 8.42 Å². The molecule has 0 aromatic heterocycles. The fraction of sp³-hybridized carbons (Fsp3) is 0.600. The lowest BCUT2D eigenvalue weighted by molar-refractivity contribution is 0.426. The van der Waals surface area contributed by atoms with Gasteiger partial charge in [0.1, 0.15) is 0 Å². The van der Waals surface area contributed by atoms with Crippen molar-refractivity contribution in [3.63, 3.8) is 0 Å². The van der Waals surface area contributed by atoms with E-state index in [0.29, 0.717) is 24.5 Å². The van der Waals surface area contributed by atoms with Crippen LogP contribution in [0.4, 0.5) is 0 Å². The van der Waals surface area contributed by atoms with E-state index in [1.54, 1.807) is 4.31 Å². The molecule has 0 heterocycles. The molecule has 0 bridgehead atoms. The first-order valence-electron chi connectivity index (χ1n) is 7.13. The van der Waals surface area contributed by atoms with Gasteiger partial charge in [0.2, 0.25) is 10.0 Å². The molecule has 114 valence electrons. The summed E-state index contributed by atoms with van der Waals surface area (Å²) >= 11 is 0. The van der Waals surface area contributed by atoms with Crippen molar-refractivity contribution in [2.45, 2.75) is 45.6 Å². The Labute approximate surface area is 123 Å². The van der Waals surface area contributed by atoms with E-state index < -0.39 is 10.0 Å². The van der Waals surface area contributed by atoms with Gasteiger partial charge in [-0.1, -0.05) is 19.9 Å². The van der Waals surface area contributed by atoms with E-state index in [1.165, 1.54) is 0 Å². The molecular weight excluding hydrogens is 272 g/mol. The van der Waals surface area contributed by atoms with Gasteiger partial charge in [-0.3, -0.25) is 0 Å². The molecule has 20 heavy (non-hydrogen) atoms. The van der Waals surface area contributed by atoms with Crippen molar-refractivity contribution in [1.82, 2.24) is 9.62 Å². The molecule has 0 saturated heterocycles. The first-order chi connectivity index (χ1) is 9.38. The molecular formula is C15H26N2O2S. The number of hydrogen-bond acceptors (Lipinski definition) is 3. The average Bonchev–Trinajstić information content (AvgIpc) is 2.38. The normalized spacial score (nSPS) is 12.1. The summed E-state index contributed by atoms with van der Waals surface area (Å²) in [4.78, 5) is 0.434. The third-order valence-corrected chi connectivity index (χ3v) is 5.56. The van der Waals surface area contributed by atoms with E-state index in [4.69, 9.17) is 0 Å². The van der Waals surface area contributed by atoms with E-state index >= 15 is 0 Å². The summed E-state index contributed by atoms with van der Waals surface area (Å²) in [6, 6.07) is 3.77. The number of benzene rings is 1. The Morgan fingerprint density at radius 2 is 1.80 bits per heavy atom. The molecule has 0 fully saturated rings. The Morgan fingerprint density at radius 1 is 1.15 bits per heavy atom. The first kappa shape index (κ1) is 17.1. The zero-order chi connectivity index (χ0) is 15.3. The number of hydrogen-bond donors (Lipinski definition) is 1. The van der Waals surface area contributed by atoms with Crippen LogP contribution in [0, 0.1) is 13.8 Å². The Hall–Kier alpha value is -0.910. The average molecular weight is 298 g/mol. The number of nitrogens with zero attached hydrogens (tertiary/aromatic N) is 1. The third-order valence-electron chi connectivity index (χ3n) is 3.44. The summed E-state index contributed by atoms with van der Waals surface area (Å²) < 4.78 is 27.0. The van der Waals surface area contributed by atoms with Gasteiger partial charge in [0.05, 0.1) is 4.90 Å². The molecule has 1 rings (SSSR count). The third kappa shape index (κ3) is 3.59. The largest absolute Gasteiger partial charge is 0.316 e. The summed E-state index contributed by atoms with van der Waals surface area (Å²) in [5, 5.41) is 3.08. The van der Waals surface area contributed by atoms with Crippen molar-refractivity contribution in [2.75, 3.05) is 20.1 Å². The number of aryl methyl sites for hydroxylation is 2. The second-order valence-corrected chi connectivity index (χ2v) is 6.98. The van der Waals surface area contributed by atoms with Gasteiger partial charge in [-0.15, -0.1) is 0 Å². The van der Waals surface area contributed by atoms with Crippen LogP contribution in [-0.2, 0) is 16.6 Å². The quantitative estimate of drug-likeness (QED) is 0.841. The Balaban J connectivity index is 3.33. The summed E-state index contributed by atoms with van der Waals surface area (Å²) in [5.74, 6) is 0. The number of nitrogens with one attached hydrogen (secondary N) is 1. The van der Waals surface area contributed by atoms with Crippen molar-refractivity contribution in [1.29, 1.82) is 0 Å². The minimum atomic E-state index is -3.40. The lowest BCUT2D eigenvalue weighted by Crippen LogP contribution is -2.32. The molecule has 0 saturated carbocycles. The van der Waals surface area contributed by atoms with Crippen LogP contribution in [0.3, 0.4) is 0 Å². The van der Waals surface area contributed by atoms with Gasteiger partial charge >= 0.3 is 0 Å². The van der Waals surface area contributed by atoms with E-state index in [0.717, 1.165) is 23.1 Å². The zero-order valence-electron chi connectivity index (χ0n) is 13.2. The lowest BCUT2D eigenvalue weighted by Gasteiger charge is -2.22. The van der Waals surface area contributed by atoms with Gasteiger partial charge < -0.3 is 5.32 Å². The molecule has 1 aromatic carbocycles. The molecule has 0 amide bonds. The van der Waals surface area contributed by atoms with Gasteiger partial charge in [0.25, 0.3) is 0 Å². The summed E-state index contributed by atoms with van der Waals surface area (Å²) in [6.45, 7) is 9.49. The minimum absolute atomic E-state index is 0.434. The van der Waals surface area contributed by atoms with Crippen LogP contribution >= 0.6 is 0 Å². The maximum Gasteiger partial charge on any atom is 0.243 e. The summed E-state index contributed by atoms with van der Waals surface area (Å²) in [5.41, 5.74) is 2.97. The maximum absolute atomic E-state index is 12.7. The van der Waals surface area contributed by atoms with Gasteiger partial charge in [-0.05, 0) is 50.1 Å². The highest BCUT2D eigenvalue weighted by Gasteiger charge is 2.24. The smallest absolute Gasteiger partial charge is 0.243 e. The topological polar surface area (TPSA) is 49.4 Å². The van der Waals surface area contributed by atoms with E-state index in [-0.39, 0.29) is 0 Å². The van der Waals surface area contributed by atoms with Crippen LogP contribution in [0.25, 0.3) is 0 Å². The summed E-state index contributed by atoms with van der Waals surface area (Å²) in [7, 11) is -1.53. The lowest BCUT2D eigenvalue weighted by atomic mass is 10.1. The van der Waals surface area contributed by atoms with Crippen molar-refractivity contribution in [3.8, 4) is 0 Å². The Bertz CT molecular complexity index is 553. The summed E-state index contributed by atoms with van der Waals surface area (Å²) in [6.07, 6.45) is 0.821. The van der Waals surface area contributed by atoms with E-state index in [2.05, 4.69) is 5.32 Å². The molecule has 0 atom stereocenters. The highest BCUT2D eigenvalue weighted by atomic mass is 32.2. The van der Waals surface area contributed by atoms with Crippen LogP contribution in [0.1, 0.15) is 37.0 Å². The van der Waals surface area contributed by atoms with Crippen LogP contribution in [0.2, 0.25) is 0 Å². The predicted octanol–water partition coefficient (Wildman–Crippen LogP) is 2.44. The van der Waals surface area contributed by atoms with Crippen LogP contribution in [0.15, 0.2) is 17.0 Å². The number of sulfonamides is 1. The van der Waals surface area contributed by atoms with Crippen molar-refractivity contribution in [3.05, 3.63) is 28.8 Å². The fourth-order valence-electron chi connectivity index (χ4n) is 2.37. The highest BCUT2D eigenvalue weighted by Crippen LogP contribution is 2.24. The molecule has 0 aliphatic rings. The van der Waals surface area contributed by atoms with Crippen LogP contribution in [-0.4, -0.2) is 32.9 Å². The SMILES string of the molecule is CCCN(CC)S(=O)(=O)c1cc(CNC)c(C)cc1C. The van der Waals surface area contributed by atoms with Gasteiger partial charge in [-0.25, -0.2) is 8.42 Å². The first-order valence-corrected chi connectivity index (χ1v) is 8.57. The maximum atomic E-state index is 12.7. The molecule has 5 heteroatoms. The zero-order valence-corrected chi connectivity index (χ0v) is 14.0. The Kier molecular flexibility index (Phi) is 6.17. The number of rotatable bonds is 7. The molecule has 0 unspecified atom stereocenters. The Morgan fingerprint density at radius 3 is 2.30 bits per heavy atom. The van der Waals surface area contributed by atoms with Crippen LogP contribution in [0.5, 0.6) is 0 Å². The molecule has 0 aliphatic carbocycles. The van der Waals surface area contributed by atoms with Crippen molar-refractivity contribution in [2.24, 2.45) is 0 Å². The van der Waals surface area contributed by atoms with Gasteiger partial charge in [-0.2, -0.15) is 4.31 Å². The monoisotopic (exact) mass is 298 g/mol. The van der Waals surface area contributed by atoms with Crippen molar-refractivity contribution >= 4 is 10.0 Å². The fourth-order valence-corrected chi connectivity index (χ4v) is 4.17.